The van der Waals surface area contributed by atoms with E-state index in [0.717, 1.165) is 16.5 Å². The maximum Gasteiger partial charge on any atom is 0.276 e. The highest BCUT2D eigenvalue weighted by Crippen LogP contribution is 2.39. The number of aromatic nitrogens is 1. The van der Waals surface area contributed by atoms with Crippen LogP contribution in [0.3, 0.4) is 0 Å². The Bertz CT molecular complexity index is 1830. The minimum atomic E-state index is -0.470. The molecule has 1 aromatic heterocycles. The van der Waals surface area contributed by atoms with Crippen molar-refractivity contribution in [1.82, 2.24) is 9.99 Å². The molecule has 5 aromatic rings. The summed E-state index contributed by atoms with van der Waals surface area (Å²) in [6.45, 7) is 0. The number of rotatable bonds is 5. The van der Waals surface area contributed by atoms with Crippen molar-refractivity contribution in [2.24, 2.45) is 5.10 Å². The number of nitrogens with zero attached hydrogens (tertiary/aromatic N) is 2. The Morgan fingerprint density at radius 1 is 0.925 bits per heavy atom. The zero-order chi connectivity index (χ0) is 27.8. The molecule has 6 rings (SSSR count). The number of amides is 1. The minimum absolute atomic E-state index is 0.298. The quantitative estimate of drug-likeness (QED) is 0.239. The van der Waals surface area contributed by atoms with Crippen molar-refractivity contribution in [3.8, 4) is 16.9 Å². The molecular weight excluding hydrogens is 545 g/mol. The van der Waals surface area contributed by atoms with Crippen LogP contribution in [0.5, 0.6) is 5.75 Å². The molecule has 1 atom stereocenters. The van der Waals surface area contributed by atoms with E-state index < -0.39 is 6.04 Å². The first kappa shape index (κ1) is 25.9. The third-order valence-corrected chi connectivity index (χ3v) is 7.62. The molecular formula is C32H23Cl2N3O3. The molecule has 8 heteroatoms. The van der Waals surface area contributed by atoms with Gasteiger partial charge in [-0.25, -0.2) is 5.01 Å². The number of carbonyl (C=O) groups excluding carboxylic acids is 1. The van der Waals surface area contributed by atoms with Crippen LogP contribution < -0.4 is 10.3 Å². The van der Waals surface area contributed by atoms with Crippen LogP contribution in [0.15, 0.2) is 107 Å². The van der Waals surface area contributed by atoms with Crippen LogP contribution in [0, 0.1) is 0 Å². The van der Waals surface area contributed by atoms with Gasteiger partial charge in [0.2, 0.25) is 0 Å². The summed E-state index contributed by atoms with van der Waals surface area (Å²) in [6.07, 6.45) is 0.317. The highest BCUT2D eigenvalue weighted by Gasteiger charge is 2.36. The SMILES string of the molecule is COc1ccc([C@H]2CC(c3c(-c4ccccc4)c4cc(Cl)ccc4[nH]c3=O)=NN2C(=O)c2ccccc2Cl)cc1. The molecule has 0 unspecified atom stereocenters. The molecule has 0 fully saturated rings. The van der Waals surface area contributed by atoms with Crippen molar-refractivity contribution in [3.63, 3.8) is 0 Å². The van der Waals surface area contributed by atoms with E-state index in [0.29, 0.717) is 50.1 Å². The van der Waals surface area contributed by atoms with E-state index >= 15 is 0 Å². The van der Waals surface area contributed by atoms with Crippen molar-refractivity contribution in [2.45, 2.75) is 12.5 Å². The lowest BCUT2D eigenvalue weighted by molar-refractivity contribution is 0.0711. The zero-order valence-electron chi connectivity index (χ0n) is 21.4. The van der Waals surface area contributed by atoms with E-state index in [1.807, 2.05) is 60.7 Å². The number of pyridine rings is 1. The lowest BCUT2D eigenvalue weighted by atomic mass is 9.91. The zero-order valence-corrected chi connectivity index (χ0v) is 22.9. The molecule has 1 amide bonds. The largest absolute Gasteiger partial charge is 0.497 e. The molecule has 6 nitrogen and oxygen atoms in total. The van der Waals surface area contributed by atoms with Gasteiger partial charge in [0, 0.05) is 27.9 Å². The molecule has 0 saturated carbocycles. The predicted octanol–water partition coefficient (Wildman–Crippen LogP) is 7.50. The summed E-state index contributed by atoms with van der Waals surface area (Å²) < 4.78 is 5.33. The summed E-state index contributed by atoms with van der Waals surface area (Å²) in [7, 11) is 1.60. The van der Waals surface area contributed by atoms with Crippen molar-refractivity contribution < 1.29 is 9.53 Å². The van der Waals surface area contributed by atoms with Crippen LogP contribution in [0.1, 0.15) is 33.9 Å². The van der Waals surface area contributed by atoms with Gasteiger partial charge in [0.25, 0.3) is 11.5 Å². The fourth-order valence-corrected chi connectivity index (χ4v) is 5.53. The van der Waals surface area contributed by atoms with Gasteiger partial charge >= 0.3 is 0 Å². The molecule has 0 radical (unpaired) electrons. The number of hydrogen-bond donors (Lipinski definition) is 1. The Morgan fingerprint density at radius 2 is 1.65 bits per heavy atom. The Morgan fingerprint density at radius 3 is 2.38 bits per heavy atom. The molecule has 40 heavy (non-hydrogen) atoms. The van der Waals surface area contributed by atoms with Crippen LogP contribution in [-0.2, 0) is 0 Å². The summed E-state index contributed by atoms with van der Waals surface area (Å²) >= 11 is 12.8. The number of fused-ring (bicyclic) bond motifs is 1. The molecule has 0 bridgehead atoms. The first-order valence-corrected chi connectivity index (χ1v) is 13.4. The van der Waals surface area contributed by atoms with Crippen LogP contribution in [0.25, 0.3) is 22.0 Å². The highest BCUT2D eigenvalue weighted by molar-refractivity contribution is 6.34. The van der Waals surface area contributed by atoms with E-state index in [-0.39, 0.29) is 11.5 Å². The third kappa shape index (κ3) is 4.66. The second kappa shape index (κ2) is 10.6. The summed E-state index contributed by atoms with van der Waals surface area (Å²) in [5.41, 5.74) is 3.98. The number of nitrogens with one attached hydrogen (secondary N) is 1. The number of benzene rings is 4. The van der Waals surface area contributed by atoms with Crippen molar-refractivity contribution in [3.05, 3.63) is 134 Å². The Labute approximate surface area is 240 Å². The average molecular weight is 568 g/mol. The van der Waals surface area contributed by atoms with Crippen LogP contribution >= 0.6 is 23.2 Å². The maximum absolute atomic E-state index is 13.9. The van der Waals surface area contributed by atoms with Crippen molar-refractivity contribution >= 4 is 45.7 Å². The maximum atomic E-state index is 13.9. The summed E-state index contributed by atoms with van der Waals surface area (Å²) in [4.78, 5) is 30.6. The standard InChI is InChI=1S/C32H23Cl2N3O3/c1-40-22-14-11-19(12-15-22)28-18-27(36-37(28)32(39)23-9-5-6-10-25(23)34)30-29(20-7-3-2-4-8-20)24-17-21(33)13-16-26(24)35-31(30)38/h2-17,28H,18H2,1H3,(H,35,38)/t28-/m1/s1. The molecule has 1 N–H and O–H groups in total. The average Bonchev–Trinajstić information content (AvgIpc) is 3.42. The van der Waals surface area contributed by atoms with Crippen LogP contribution in [0.4, 0.5) is 0 Å². The number of ether oxygens (including phenoxy) is 1. The second-order valence-corrected chi connectivity index (χ2v) is 10.3. The van der Waals surface area contributed by atoms with E-state index in [1.165, 1.54) is 5.01 Å². The molecule has 0 spiro atoms. The number of methoxy groups -OCH3 is 1. The van der Waals surface area contributed by atoms with Gasteiger partial charge in [0.05, 0.1) is 35.0 Å². The van der Waals surface area contributed by atoms with E-state index in [1.54, 1.807) is 43.5 Å². The lowest BCUT2D eigenvalue weighted by Gasteiger charge is -2.22. The van der Waals surface area contributed by atoms with Gasteiger partial charge in [-0.05, 0) is 53.6 Å². The van der Waals surface area contributed by atoms with Gasteiger partial charge in [-0.2, -0.15) is 5.10 Å². The molecule has 0 aliphatic carbocycles. The Kier molecular flexibility index (Phi) is 6.88. The summed E-state index contributed by atoms with van der Waals surface area (Å²) in [5, 5.41) is 7.89. The second-order valence-electron chi connectivity index (χ2n) is 9.43. The van der Waals surface area contributed by atoms with E-state index in [9.17, 15) is 9.59 Å². The molecule has 0 saturated heterocycles. The third-order valence-electron chi connectivity index (χ3n) is 7.05. The van der Waals surface area contributed by atoms with Gasteiger partial charge in [-0.3, -0.25) is 9.59 Å². The smallest absolute Gasteiger partial charge is 0.276 e. The number of hydrogen-bond acceptors (Lipinski definition) is 4. The lowest BCUT2D eigenvalue weighted by Crippen LogP contribution is -2.27. The van der Waals surface area contributed by atoms with Gasteiger partial charge in [-0.1, -0.05) is 77.8 Å². The first-order chi connectivity index (χ1) is 19.4. The minimum Gasteiger partial charge on any atom is -0.497 e. The van der Waals surface area contributed by atoms with E-state index in [2.05, 4.69) is 4.98 Å². The highest BCUT2D eigenvalue weighted by atomic mass is 35.5. The normalized spacial score (nSPS) is 14.8. The van der Waals surface area contributed by atoms with Gasteiger partial charge < -0.3 is 9.72 Å². The van der Waals surface area contributed by atoms with Crippen molar-refractivity contribution in [1.29, 1.82) is 0 Å². The number of aromatic amines is 1. The number of halogens is 2. The molecule has 4 aromatic carbocycles. The first-order valence-electron chi connectivity index (χ1n) is 12.7. The Hall–Kier alpha value is -4.39. The van der Waals surface area contributed by atoms with Gasteiger partial charge in [0.1, 0.15) is 5.75 Å². The Balaban J connectivity index is 1.57. The van der Waals surface area contributed by atoms with Crippen molar-refractivity contribution in [2.75, 3.05) is 7.11 Å². The predicted molar refractivity (Wildman–Crippen MR) is 160 cm³/mol. The number of H-pyrrole nitrogens is 1. The topological polar surface area (TPSA) is 74.8 Å². The molecule has 1 aliphatic heterocycles. The van der Waals surface area contributed by atoms with Gasteiger partial charge in [0.15, 0.2) is 0 Å². The number of carbonyl (C=O) groups is 1. The monoisotopic (exact) mass is 567 g/mol. The summed E-state index contributed by atoms with van der Waals surface area (Å²) in [6, 6.07) is 28.9. The fraction of sp³-hybridized carbons (Fsp3) is 0.0938. The van der Waals surface area contributed by atoms with Gasteiger partial charge in [-0.15, -0.1) is 0 Å². The van der Waals surface area contributed by atoms with E-state index in [4.69, 9.17) is 33.0 Å². The molecule has 2 heterocycles. The fourth-order valence-electron chi connectivity index (χ4n) is 5.14. The van der Waals surface area contributed by atoms with Crippen LogP contribution in [-0.4, -0.2) is 28.7 Å². The molecule has 198 valence electrons. The number of hydrazone groups is 1. The summed E-state index contributed by atoms with van der Waals surface area (Å²) in [5.74, 6) is 0.337. The van der Waals surface area contributed by atoms with Crippen LogP contribution in [0.2, 0.25) is 10.0 Å². The molecule has 1 aliphatic rings.